The third-order valence-electron chi connectivity index (χ3n) is 4.37. The number of rotatable bonds is 4. The van der Waals surface area contributed by atoms with Gasteiger partial charge in [0.25, 0.3) is 0 Å². The summed E-state index contributed by atoms with van der Waals surface area (Å²) in [4.78, 5) is 4.35. The first-order chi connectivity index (χ1) is 10.3. The Morgan fingerprint density at radius 3 is 2.81 bits per heavy atom. The van der Waals surface area contributed by atoms with Crippen molar-refractivity contribution in [1.29, 1.82) is 0 Å². The molecular formula is C17H22N2O2. The van der Waals surface area contributed by atoms with Crippen LogP contribution >= 0.6 is 0 Å². The van der Waals surface area contributed by atoms with E-state index in [-0.39, 0.29) is 11.6 Å². The van der Waals surface area contributed by atoms with Crippen LogP contribution in [0.2, 0.25) is 0 Å². The molecule has 1 atom stereocenters. The highest BCUT2D eigenvalue weighted by molar-refractivity contribution is 5.85. The Kier molecular flexibility index (Phi) is 4.19. The molecule has 1 fully saturated rings. The summed E-state index contributed by atoms with van der Waals surface area (Å²) in [6.07, 6.45) is 5.41. The van der Waals surface area contributed by atoms with Crippen LogP contribution in [0.1, 0.15) is 31.4 Å². The zero-order valence-electron chi connectivity index (χ0n) is 12.4. The van der Waals surface area contributed by atoms with Crippen molar-refractivity contribution in [2.24, 2.45) is 5.73 Å². The fourth-order valence-corrected chi connectivity index (χ4v) is 3.22. The second kappa shape index (κ2) is 6.10. The van der Waals surface area contributed by atoms with Crippen LogP contribution in [0.5, 0.6) is 0 Å². The topological polar surface area (TPSA) is 57.4 Å². The van der Waals surface area contributed by atoms with Crippen LogP contribution in [0.3, 0.4) is 0 Å². The average Bonchev–Trinajstić information content (AvgIpc) is 2.55. The first-order valence-corrected chi connectivity index (χ1v) is 7.57. The molecule has 2 heterocycles. The van der Waals surface area contributed by atoms with Crippen LogP contribution in [0.15, 0.2) is 36.7 Å². The lowest BCUT2D eigenvalue weighted by atomic mass is 9.82. The number of hydrogen-bond donors (Lipinski definition) is 1. The Labute approximate surface area is 125 Å². The molecule has 1 saturated heterocycles. The molecule has 1 aromatic carbocycles. The van der Waals surface area contributed by atoms with Crippen LogP contribution in [0.4, 0.5) is 0 Å². The van der Waals surface area contributed by atoms with E-state index in [9.17, 15) is 0 Å². The fourth-order valence-electron chi connectivity index (χ4n) is 3.22. The van der Waals surface area contributed by atoms with Crippen LogP contribution in [0.25, 0.3) is 10.8 Å². The standard InChI is InChI=1S/C17H22N2O2/c1-2-21-17(7-9-20-10-8-17)16(18)15-12-19-11-13-5-3-4-6-14(13)15/h3-6,11-12,16H,2,7-10,18H2,1H3. The van der Waals surface area contributed by atoms with Crippen LogP contribution in [-0.4, -0.2) is 30.4 Å². The third-order valence-corrected chi connectivity index (χ3v) is 4.37. The smallest absolute Gasteiger partial charge is 0.0918 e. The summed E-state index contributed by atoms with van der Waals surface area (Å²) >= 11 is 0. The molecule has 0 aliphatic carbocycles. The highest BCUT2D eigenvalue weighted by Crippen LogP contribution is 2.38. The number of benzene rings is 1. The van der Waals surface area contributed by atoms with E-state index in [4.69, 9.17) is 15.2 Å². The number of pyridine rings is 1. The molecule has 0 radical (unpaired) electrons. The predicted octanol–water partition coefficient (Wildman–Crippen LogP) is 2.82. The van der Waals surface area contributed by atoms with Gasteiger partial charge in [-0.1, -0.05) is 24.3 Å². The molecule has 4 heteroatoms. The van der Waals surface area contributed by atoms with Crippen molar-refractivity contribution in [3.05, 3.63) is 42.2 Å². The molecule has 2 aromatic rings. The van der Waals surface area contributed by atoms with Crippen LogP contribution in [-0.2, 0) is 9.47 Å². The average molecular weight is 286 g/mol. The summed E-state index contributed by atoms with van der Waals surface area (Å²) in [5, 5.41) is 2.27. The lowest BCUT2D eigenvalue weighted by Crippen LogP contribution is -2.48. The summed E-state index contributed by atoms with van der Waals surface area (Å²) in [6.45, 7) is 4.08. The van der Waals surface area contributed by atoms with E-state index in [1.165, 1.54) is 0 Å². The maximum atomic E-state index is 6.64. The summed E-state index contributed by atoms with van der Waals surface area (Å²) in [5.74, 6) is 0. The van der Waals surface area contributed by atoms with Crippen molar-refractivity contribution >= 4 is 10.8 Å². The van der Waals surface area contributed by atoms with Crippen LogP contribution in [0, 0.1) is 0 Å². The molecule has 1 aliphatic rings. The van der Waals surface area contributed by atoms with Gasteiger partial charge in [0, 0.05) is 50.4 Å². The lowest BCUT2D eigenvalue weighted by molar-refractivity contribution is -0.121. The fraction of sp³-hybridized carbons (Fsp3) is 0.471. The zero-order chi connectivity index (χ0) is 14.7. The van der Waals surface area contributed by atoms with Gasteiger partial charge in [-0.05, 0) is 17.9 Å². The molecule has 0 bridgehead atoms. The van der Waals surface area contributed by atoms with Crippen molar-refractivity contribution in [3.63, 3.8) is 0 Å². The van der Waals surface area contributed by atoms with Gasteiger partial charge in [0.1, 0.15) is 0 Å². The van der Waals surface area contributed by atoms with Crippen molar-refractivity contribution in [2.45, 2.75) is 31.4 Å². The second-order valence-electron chi connectivity index (χ2n) is 5.54. The Balaban J connectivity index is 2.03. The molecule has 4 nitrogen and oxygen atoms in total. The van der Waals surface area contributed by atoms with E-state index in [0.29, 0.717) is 19.8 Å². The van der Waals surface area contributed by atoms with Gasteiger partial charge in [0.2, 0.25) is 0 Å². The van der Waals surface area contributed by atoms with Gasteiger partial charge < -0.3 is 15.2 Å². The molecule has 21 heavy (non-hydrogen) atoms. The predicted molar refractivity (Wildman–Crippen MR) is 83.1 cm³/mol. The number of nitrogens with two attached hydrogens (primary N) is 1. The summed E-state index contributed by atoms with van der Waals surface area (Å²) < 4.78 is 11.6. The first kappa shape index (κ1) is 14.4. The van der Waals surface area contributed by atoms with Crippen molar-refractivity contribution in [2.75, 3.05) is 19.8 Å². The minimum absolute atomic E-state index is 0.194. The highest BCUT2D eigenvalue weighted by atomic mass is 16.5. The Morgan fingerprint density at radius 1 is 1.29 bits per heavy atom. The quantitative estimate of drug-likeness (QED) is 0.939. The van der Waals surface area contributed by atoms with Gasteiger partial charge in [-0.25, -0.2) is 0 Å². The lowest BCUT2D eigenvalue weighted by Gasteiger charge is -2.41. The van der Waals surface area contributed by atoms with Gasteiger partial charge >= 0.3 is 0 Å². The number of hydrogen-bond acceptors (Lipinski definition) is 4. The number of aromatic nitrogens is 1. The maximum Gasteiger partial charge on any atom is 0.0918 e. The van der Waals surface area contributed by atoms with E-state index in [0.717, 1.165) is 29.2 Å². The van der Waals surface area contributed by atoms with Gasteiger partial charge in [-0.2, -0.15) is 0 Å². The molecule has 2 N–H and O–H groups in total. The monoisotopic (exact) mass is 286 g/mol. The SMILES string of the molecule is CCOC1(C(N)c2cncc3ccccc23)CCOCC1. The van der Waals surface area contributed by atoms with E-state index >= 15 is 0 Å². The summed E-state index contributed by atoms with van der Waals surface area (Å²) in [6, 6.07) is 8.03. The van der Waals surface area contributed by atoms with E-state index < -0.39 is 0 Å². The van der Waals surface area contributed by atoms with Crippen molar-refractivity contribution < 1.29 is 9.47 Å². The first-order valence-electron chi connectivity index (χ1n) is 7.57. The normalized spacial score (nSPS) is 19.5. The summed E-state index contributed by atoms with van der Waals surface area (Å²) in [5.41, 5.74) is 7.35. The number of nitrogens with zero attached hydrogens (tertiary/aromatic N) is 1. The van der Waals surface area contributed by atoms with E-state index in [2.05, 4.69) is 17.1 Å². The summed E-state index contributed by atoms with van der Waals surface area (Å²) in [7, 11) is 0. The largest absolute Gasteiger partial charge is 0.381 e. The Hall–Kier alpha value is -1.49. The Bertz CT molecular complexity index is 598. The minimum Gasteiger partial charge on any atom is -0.381 e. The van der Waals surface area contributed by atoms with Crippen molar-refractivity contribution in [1.82, 2.24) is 4.98 Å². The highest BCUT2D eigenvalue weighted by Gasteiger charge is 2.40. The molecule has 112 valence electrons. The molecule has 0 spiro atoms. The Morgan fingerprint density at radius 2 is 2.05 bits per heavy atom. The third kappa shape index (κ3) is 2.67. The minimum atomic E-state index is -0.348. The second-order valence-corrected chi connectivity index (χ2v) is 5.54. The molecule has 1 aliphatic heterocycles. The van der Waals surface area contributed by atoms with Gasteiger partial charge in [0.05, 0.1) is 11.6 Å². The molecule has 0 amide bonds. The molecule has 1 aromatic heterocycles. The maximum absolute atomic E-state index is 6.64. The molecule has 1 unspecified atom stereocenters. The molecule has 0 saturated carbocycles. The van der Waals surface area contributed by atoms with E-state index in [1.807, 2.05) is 31.5 Å². The van der Waals surface area contributed by atoms with E-state index in [1.54, 1.807) is 0 Å². The number of fused-ring (bicyclic) bond motifs is 1. The molecular weight excluding hydrogens is 264 g/mol. The number of ether oxygens (including phenoxy) is 2. The van der Waals surface area contributed by atoms with Crippen LogP contribution < -0.4 is 5.73 Å². The van der Waals surface area contributed by atoms with Gasteiger partial charge in [-0.3, -0.25) is 4.98 Å². The molecule has 3 rings (SSSR count). The van der Waals surface area contributed by atoms with Gasteiger partial charge in [0.15, 0.2) is 0 Å². The van der Waals surface area contributed by atoms with Crippen molar-refractivity contribution in [3.8, 4) is 0 Å². The van der Waals surface area contributed by atoms with Gasteiger partial charge in [-0.15, -0.1) is 0 Å². The zero-order valence-corrected chi connectivity index (χ0v) is 12.4.